The maximum Gasteiger partial charge on any atom is 0.333 e. The average molecular weight is 462 g/mol. The van der Waals surface area contributed by atoms with Crippen molar-refractivity contribution in [3.05, 3.63) is 106 Å². The molecule has 1 aromatic heterocycles. The predicted molar refractivity (Wildman–Crippen MR) is 128 cm³/mol. The van der Waals surface area contributed by atoms with Gasteiger partial charge in [0.1, 0.15) is 5.70 Å². The number of nitrogens with zero attached hydrogens (tertiary/aromatic N) is 2. The quantitative estimate of drug-likeness (QED) is 0.295. The van der Waals surface area contributed by atoms with E-state index in [1.165, 1.54) is 0 Å². The molecule has 1 fully saturated rings. The number of para-hydroxylation sites is 1. The highest BCUT2D eigenvalue weighted by atomic mass is 35.5. The number of benzene rings is 3. The van der Waals surface area contributed by atoms with E-state index in [0.717, 1.165) is 26.9 Å². The van der Waals surface area contributed by atoms with Crippen LogP contribution in [0.2, 0.25) is 10.0 Å². The van der Waals surface area contributed by atoms with Crippen molar-refractivity contribution in [2.75, 3.05) is 4.90 Å². The van der Waals surface area contributed by atoms with Gasteiger partial charge in [-0.15, -0.1) is 0 Å². The lowest BCUT2D eigenvalue weighted by Crippen LogP contribution is -2.30. The SMILES string of the molecule is O=C1N/C(=C\c2cn(Cc3ccc(Cl)cc3)c3ccccc23)C(=O)N1c1cccc(Cl)c1. The van der Waals surface area contributed by atoms with Crippen LogP contribution in [0.15, 0.2) is 84.7 Å². The van der Waals surface area contributed by atoms with Crippen molar-refractivity contribution in [3.63, 3.8) is 0 Å². The predicted octanol–water partition coefficient (Wildman–Crippen LogP) is 6.09. The molecule has 4 aromatic rings. The van der Waals surface area contributed by atoms with Gasteiger partial charge in [-0.05, 0) is 48.0 Å². The third-order valence-corrected chi connectivity index (χ3v) is 5.82. The smallest absolute Gasteiger partial charge is 0.333 e. The van der Waals surface area contributed by atoms with Crippen molar-refractivity contribution in [1.29, 1.82) is 0 Å². The molecule has 1 aliphatic rings. The maximum absolute atomic E-state index is 13.0. The first-order valence-electron chi connectivity index (χ1n) is 9.94. The number of amides is 3. The van der Waals surface area contributed by atoms with Crippen molar-refractivity contribution >= 4 is 57.8 Å². The average Bonchev–Trinajstić information content (AvgIpc) is 3.26. The van der Waals surface area contributed by atoms with Gasteiger partial charge in [-0.1, -0.05) is 59.6 Å². The van der Waals surface area contributed by atoms with Gasteiger partial charge in [-0.3, -0.25) is 4.79 Å². The van der Waals surface area contributed by atoms with Gasteiger partial charge in [0.25, 0.3) is 5.91 Å². The molecular formula is C25H17Cl2N3O2. The van der Waals surface area contributed by atoms with Crippen molar-refractivity contribution in [2.24, 2.45) is 0 Å². The van der Waals surface area contributed by atoms with Crippen LogP contribution < -0.4 is 10.2 Å². The summed E-state index contributed by atoms with van der Waals surface area (Å²) in [7, 11) is 0. The zero-order valence-corrected chi connectivity index (χ0v) is 18.3. The highest BCUT2D eigenvalue weighted by Gasteiger charge is 2.35. The van der Waals surface area contributed by atoms with Crippen LogP contribution in [0, 0.1) is 0 Å². The van der Waals surface area contributed by atoms with E-state index >= 15 is 0 Å². The lowest BCUT2D eigenvalue weighted by molar-refractivity contribution is -0.113. The molecule has 158 valence electrons. The van der Waals surface area contributed by atoms with Crippen LogP contribution in [-0.4, -0.2) is 16.5 Å². The fraction of sp³-hybridized carbons (Fsp3) is 0.0400. The Bertz CT molecular complexity index is 1390. The summed E-state index contributed by atoms with van der Waals surface area (Å²) in [6, 6.07) is 21.8. The van der Waals surface area contributed by atoms with Gasteiger partial charge in [0, 0.05) is 39.3 Å². The van der Waals surface area contributed by atoms with Gasteiger partial charge < -0.3 is 9.88 Å². The van der Waals surface area contributed by atoms with Crippen LogP contribution in [0.1, 0.15) is 11.1 Å². The Kier molecular flexibility index (Phi) is 5.21. The number of fused-ring (bicyclic) bond motifs is 1. The number of urea groups is 1. The molecule has 1 aliphatic heterocycles. The summed E-state index contributed by atoms with van der Waals surface area (Å²) in [5.74, 6) is -0.424. The Hall–Kier alpha value is -3.54. The number of anilines is 1. The molecule has 1 N–H and O–H groups in total. The van der Waals surface area contributed by atoms with E-state index in [-0.39, 0.29) is 5.70 Å². The van der Waals surface area contributed by atoms with Gasteiger partial charge >= 0.3 is 6.03 Å². The van der Waals surface area contributed by atoms with E-state index in [2.05, 4.69) is 9.88 Å². The van der Waals surface area contributed by atoms with E-state index < -0.39 is 11.9 Å². The second kappa shape index (κ2) is 8.19. The van der Waals surface area contributed by atoms with Crippen molar-refractivity contribution in [3.8, 4) is 0 Å². The number of hydrogen-bond acceptors (Lipinski definition) is 2. The molecule has 0 aliphatic carbocycles. The molecule has 0 bridgehead atoms. The highest BCUT2D eigenvalue weighted by Crippen LogP contribution is 2.28. The van der Waals surface area contributed by atoms with Crippen molar-refractivity contribution < 1.29 is 9.59 Å². The molecule has 0 atom stereocenters. The third-order valence-electron chi connectivity index (χ3n) is 5.33. The first-order valence-corrected chi connectivity index (χ1v) is 10.7. The zero-order chi connectivity index (χ0) is 22.2. The van der Waals surface area contributed by atoms with Crippen LogP contribution in [0.3, 0.4) is 0 Å². The van der Waals surface area contributed by atoms with E-state index in [9.17, 15) is 9.59 Å². The third kappa shape index (κ3) is 3.77. The second-order valence-corrected chi connectivity index (χ2v) is 8.34. The minimum Gasteiger partial charge on any atom is -0.342 e. The Morgan fingerprint density at radius 2 is 1.66 bits per heavy atom. The molecular weight excluding hydrogens is 445 g/mol. The van der Waals surface area contributed by atoms with Gasteiger partial charge in [-0.2, -0.15) is 0 Å². The summed E-state index contributed by atoms with van der Waals surface area (Å²) in [6.07, 6.45) is 3.69. The van der Waals surface area contributed by atoms with Crippen molar-refractivity contribution in [2.45, 2.75) is 6.54 Å². The monoisotopic (exact) mass is 461 g/mol. The standard InChI is InChI=1S/C25H17Cl2N3O2/c26-18-10-8-16(9-11-18)14-29-15-17(21-6-1-2-7-23(21)29)12-22-24(31)30(25(32)28-22)20-5-3-4-19(27)13-20/h1-13,15H,14H2,(H,28,32)/b22-12-. The number of hydrogen-bond donors (Lipinski definition) is 1. The Labute approximate surface area is 194 Å². The molecule has 1 saturated heterocycles. The summed E-state index contributed by atoms with van der Waals surface area (Å²) in [4.78, 5) is 26.6. The number of carbonyl (C=O) groups is 2. The lowest BCUT2D eigenvalue weighted by Gasteiger charge is -2.11. The number of nitrogens with one attached hydrogen (secondary N) is 1. The van der Waals surface area contributed by atoms with Gasteiger partial charge in [0.05, 0.1) is 5.69 Å². The first-order chi connectivity index (χ1) is 15.5. The molecule has 3 aromatic carbocycles. The highest BCUT2D eigenvalue weighted by molar-refractivity contribution is 6.32. The summed E-state index contributed by atoms with van der Waals surface area (Å²) < 4.78 is 2.11. The van der Waals surface area contributed by atoms with E-state index in [4.69, 9.17) is 23.2 Å². The van der Waals surface area contributed by atoms with Gasteiger partial charge in [0.15, 0.2) is 0 Å². The molecule has 5 nitrogen and oxygen atoms in total. The zero-order valence-electron chi connectivity index (χ0n) is 16.8. The Balaban J connectivity index is 1.52. The minimum absolute atomic E-state index is 0.212. The Morgan fingerprint density at radius 3 is 2.44 bits per heavy atom. The fourth-order valence-corrected chi connectivity index (χ4v) is 4.16. The molecule has 32 heavy (non-hydrogen) atoms. The minimum atomic E-state index is -0.506. The van der Waals surface area contributed by atoms with Crippen LogP contribution >= 0.6 is 23.2 Å². The molecule has 0 radical (unpaired) electrons. The molecule has 7 heteroatoms. The number of imide groups is 1. The molecule has 0 unspecified atom stereocenters. The van der Waals surface area contributed by atoms with Gasteiger partial charge in [0.2, 0.25) is 0 Å². The molecule has 5 rings (SSSR count). The Morgan fingerprint density at radius 1 is 0.875 bits per heavy atom. The first kappa shape index (κ1) is 20.4. The van der Waals surface area contributed by atoms with Gasteiger partial charge in [-0.25, -0.2) is 9.69 Å². The fourth-order valence-electron chi connectivity index (χ4n) is 3.85. The number of halogens is 2. The van der Waals surface area contributed by atoms with Crippen LogP contribution in [0.25, 0.3) is 17.0 Å². The maximum atomic E-state index is 13.0. The number of rotatable bonds is 4. The van der Waals surface area contributed by atoms with Crippen LogP contribution in [-0.2, 0) is 11.3 Å². The van der Waals surface area contributed by atoms with E-state index in [0.29, 0.717) is 22.3 Å². The summed E-state index contributed by atoms with van der Waals surface area (Å²) in [5, 5.41) is 4.81. The normalized spacial score (nSPS) is 15.1. The summed E-state index contributed by atoms with van der Waals surface area (Å²) in [6.45, 7) is 0.649. The topological polar surface area (TPSA) is 54.3 Å². The largest absolute Gasteiger partial charge is 0.342 e. The summed E-state index contributed by atoms with van der Waals surface area (Å²) in [5.41, 5.74) is 3.61. The molecule has 3 amide bonds. The van der Waals surface area contributed by atoms with Crippen LogP contribution in [0.4, 0.5) is 10.5 Å². The van der Waals surface area contributed by atoms with Crippen molar-refractivity contribution in [1.82, 2.24) is 9.88 Å². The second-order valence-electron chi connectivity index (χ2n) is 7.46. The van der Waals surface area contributed by atoms with Crippen LogP contribution in [0.5, 0.6) is 0 Å². The molecule has 0 saturated carbocycles. The number of aromatic nitrogens is 1. The van der Waals surface area contributed by atoms with E-state index in [1.807, 2.05) is 54.7 Å². The lowest BCUT2D eigenvalue weighted by atomic mass is 10.1. The van der Waals surface area contributed by atoms with E-state index in [1.54, 1.807) is 30.3 Å². The summed E-state index contributed by atoms with van der Waals surface area (Å²) >= 11 is 12.0. The molecule has 2 heterocycles. The number of carbonyl (C=O) groups excluding carboxylic acids is 2. The molecule has 0 spiro atoms.